The van der Waals surface area contributed by atoms with Crippen molar-refractivity contribution in [3.63, 3.8) is 0 Å². The van der Waals surface area contributed by atoms with Gasteiger partial charge in [0.05, 0.1) is 5.75 Å². The van der Waals surface area contributed by atoms with Gasteiger partial charge in [-0.1, -0.05) is 67.3 Å². The van der Waals surface area contributed by atoms with Crippen molar-refractivity contribution in [3.05, 3.63) is 0 Å². The highest BCUT2D eigenvalue weighted by atomic mass is 79.9. The molecule has 17 heavy (non-hydrogen) atoms. The Morgan fingerprint density at radius 1 is 0.706 bits per heavy atom. The Balaban J connectivity index is 3.04. The minimum absolute atomic E-state index is 0.0838. The largest absolute Gasteiger partial charge is 0.286 e. The minimum Gasteiger partial charge on any atom is -0.286 e. The summed E-state index contributed by atoms with van der Waals surface area (Å²) in [4.78, 5) is 0. The summed E-state index contributed by atoms with van der Waals surface area (Å²) in [5.74, 6) is -0.0838. The first-order valence-corrected chi connectivity index (χ1v) is 9.30. The molecule has 0 aromatic heterocycles. The zero-order chi connectivity index (χ0) is 13.0. The third-order valence-corrected chi connectivity index (χ3v) is 4.15. The highest BCUT2D eigenvalue weighted by Crippen LogP contribution is 2.11. The maximum atomic E-state index is 10.4. The molecule has 0 radical (unpaired) electrons. The highest BCUT2D eigenvalue weighted by molar-refractivity contribution is 9.09. The first kappa shape index (κ1) is 17.4. The Bertz CT molecular complexity index is 252. The molecule has 104 valence electrons. The number of alkyl halides is 1. The molecule has 0 aromatic rings. The number of unbranched alkanes of at least 4 members (excludes halogenated alkanes) is 9. The summed E-state index contributed by atoms with van der Waals surface area (Å²) in [6.45, 7) is 0. The fourth-order valence-corrected chi connectivity index (χ4v) is 2.76. The molecule has 0 aromatic carbocycles. The van der Waals surface area contributed by atoms with E-state index in [2.05, 4.69) is 15.9 Å². The van der Waals surface area contributed by atoms with Crippen LogP contribution in [0.5, 0.6) is 0 Å². The summed E-state index contributed by atoms with van der Waals surface area (Å²) in [6, 6.07) is 0. The second kappa shape index (κ2) is 11.5. The van der Waals surface area contributed by atoms with Crippen molar-refractivity contribution in [2.45, 2.75) is 64.2 Å². The van der Waals surface area contributed by atoms with Crippen LogP contribution in [0.3, 0.4) is 0 Å². The number of hydrogen-bond donors (Lipinski definition) is 1. The van der Waals surface area contributed by atoms with Crippen molar-refractivity contribution in [3.8, 4) is 0 Å². The van der Waals surface area contributed by atoms with Gasteiger partial charge in [0, 0.05) is 5.33 Å². The predicted molar refractivity (Wildman–Crippen MR) is 76.4 cm³/mol. The van der Waals surface area contributed by atoms with Crippen LogP contribution in [0.15, 0.2) is 0 Å². The molecule has 0 saturated carbocycles. The van der Waals surface area contributed by atoms with Crippen molar-refractivity contribution < 1.29 is 13.0 Å². The summed E-state index contributed by atoms with van der Waals surface area (Å²) >= 11 is 3.42. The standard InChI is InChI=1S/C12H25BrO3S/c13-11-9-7-5-3-1-2-4-6-8-10-12-17(14,15)16/h1-12H2,(H,14,15,16). The van der Waals surface area contributed by atoms with E-state index in [1.165, 1.54) is 44.9 Å². The van der Waals surface area contributed by atoms with Crippen molar-refractivity contribution in [1.82, 2.24) is 0 Å². The molecule has 0 bridgehead atoms. The maximum Gasteiger partial charge on any atom is 0.264 e. The third kappa shape index (κ3) is 16.4. The Hall–Kier alpha value is 0.390. The van der Waals surface area contributed by atoms with Gasteiger partial charge in [-0.05, 0) is 12.8 Å². The Kier molecular flexibility index (Phi) is 11.7. The smallest absolute Gasteiger partial charge is 0.264 e. The second-order valence-electron chi connectivity index (χ2n) is 4.51. The topological polar surface area (TPSA) is 54.4 Å². The number of hydrogen-bond acceptors (Lipinski definition) is 2. The van der Waals surface area contributed by atoms with Gasteiger partial charge in [-0.2, -0.15) is 8.42 Å². The average molecular weight is 329 g/mol. The lowest BCUT2D eigenvalue weighted by molar-refractivity contribution is 0.478. The molecule has 0 amide bonds. The van der Waals surface area contributed by atoms with Crippen LogP contribution in [0.4, 0.5) is 0 Å². The van der Waals surface area contributed by atoms with Gasteiger partial charge in [-0.15, -0.1) is 0 Å². The van der Waals surface area contributed by atoms with Gasteiger partial charge in [0.15, 0.2) is 0 Å². The third-order valence-electron chi connectivity index (χ3n) is 2.79. The lowest BCUT2D eigenvalue weighted by Crippen LogP contribution is -2.03. The van der Waals surface area contributed by atoms with Gasteiger partial charge >= 0.3 is 0 Å². The van der Waals surface area contributed by atoms with Crippen LogP contribution in [-0.2, 0) is 10.1 Å². The highest BCUT2D eigenvalue weighted by Gasteiger charge is 2.02. The fraction of sp³-hybridized carbons (Fsp3) is 1.00. The van der Waals surface area contributed by atoms with E-state index in [-0.39, 0.29) is 5.75 Å². The van der Waals surface area contributed by atoms with E-state index in [1.807, 2.05) is 0 Å². The maximum absolute atomic E-state index is 10.4. The van der Waals surface area contributed by atoms with Gasteiger partial charge in [-0.25, -0.2) is 0 Å². The summed E-state index contributed by atoms with van der Waals surface area (Å²) in [5, 5.41) is 1.11. The quantitative estimate of drug-likeness (QED) is 0.332. The molecule has 0 aliphatic heterocycles. The molecule has 3 nitrogen and oxygen atoms in total. The molecule has 0 unspecified atom stereocenters. The van der Waals surface area contributed by atoms with Crippen LogP contribution in [0.1, 0.15) is 64.2 Å². The van der Waals surface area contributed by atoms with E-state index in [1.54, 1.807) is 0 Å². The average Bonchev–Trinajstić information content (AvgIpc) is 2.24. The van der Waals surface area contributed by atoms with E-state index < -0.39 is 10.1 Å². The predicted octanol–water partition coefficient (Wildman–Crippen LogP) is 4.17. The minimum atomic E-state index is -3.74. The zero-order valence-electron chi connectivity index (χ0n) is 10.5. The van der Waals surface area contributed by atoms with Crippen molar-refractivity contribution in [2.24, 2.45) is 0 Å². The lowest BCUT2D eigenvalue weighted by atomic mass is 10.1. The summed E-state index contributed by atoms with van der Waals surface area (Å²) in [6.07, 6.45) is 11.5. The van der Waals surface area contributed by atoms with Crippen LogP contribution >= 0.6 is 15.9 Å². The van der Waals surface area contributed by atoms with Crippen LogP contribution in [-0.4, -0.2) is 24.1 Å². The Morgan fingerprint density at radius 3 is 1.41 bits per heavy atom. The van der Waals surface area contributed by atoms with Gasteiger partial charge in [0.2, 0.25) is 0 Å². The molecule has 0 aliphatic rings. The Labute approximate surface area is 114 Å². The van der Waals surface area contributed by atoms with Crippen LogP contribution < -0.4 is 0 Å². The molecular weight excluding hydrogens is 304 g/mol. The van der Waals surface area contributed by atoms with Gasteiger partial charge < -0.3 is 0 Å². The van der Waals surface area contributed by atoms with Crippen molar-refractivity contribution >= 4 is 26.0 Å². The molecule has 0 saturated heterocycles. The number of rotatable bonds is 12. The van der Waals surface area contributed by atoms with Gasteiger partial charge in [-0.3, -0.25) is 4.55 Å². The van der Waals surface area contributed by atoms with E-state index in [9.17, 15) is 8.42 Å². The molecule has 0 heterocycles. The zero-order valence-corrected chi connectivity index (χ0v) is 12.9. The summed E-state index contributed by atoms with van der Waals surface area (Å²) < 4.78 is 29.4. The second-order valence-corrected chi connectivity index (χ2v) is 6.88. The Morgan fingerprint density at radius 2 is 1.06 bits per heavy atom. The molecule has 1 N–H and O–H groups in total. The lowest BCUT2D eigenvalue weighted by Gasteiger charge is -2.01. The fourth-order valence-electron chi connectivity index (χ4n) is 1.79. The van der Waals surface area contributed by atoms with Gasteiger partial charge in [0.1, 0.15) is 0 Å². The molecular formula is C12H25BrO3S. The summed E-state index contributed by atoms with van der Waals surface area (Å²) in [7, 11) is -3.74. The molecule has 0 atom stereocenters. The van der Waals surface area contributed by atoms with Crippen molar-refractivity contribution in [1.29, 1.82) is 0 Å². The van der Waals surface area contributed by atoms with Crippen LogP contribution in [0.25, 0.3) is 0 Å². The molecule has 5 heteroatoms. The van der Waals surface area contributed by atoms with E-state index in [0.717, 1.165) is 18.2 Å². The molecule has 0 rings (SSSR count). The van der Waals surface area contributed by atoms with Gasteiger partial charge in [0.25, 0.3) is 10.1 Å². The molecule has 0 fully saturated rings. The van der Waals surface area contributed by atoms with Crippen molar-refractivity contribution in [2.75, 3.05) is 11.1 Å². The molecule has 0 aliphatic carbocycles. The monoisotopic (exact) mass is 328 g/mol. The normalized spacial score (nSPS) is 11.9. The number of halogens is 1. The van der Waals surface area contributed by atoms with E-state index in [0.29, 0.717) is 6.42 Å². The first-order chi connectivity index (χ1) is 8.06. The summed E-state index contributed by atoms with van der Waals surface area (Å²) in [5.41, 5.74) is 0. The van der Waals surface area contributed by atoms with Crippen LogP contribution in [0, 0.1) is 0 Å². The molecule has 0 spiro atoms. The SMILES string of the molecule is O=S(=O)(O)CCCCCCCCCCCCBr. The first-order valence-electron chi connectivity index (χ1n) is 6.57. The van der Waals surface area contributed by atoms with Crippen LogP contribution in [0.2, 0.25) is 0 Å². The van der Waals surface area contributed by atoms with E-state index in [4.69, 9.17) is 4.55 Å². The van der Waals surface area contributed by atoms with E-state index >= 15 is 0 Å².